The minimum absolute atomic E-state index is 0.00237. The molecule has 1 aliphatic heterocycles. The first kappa shape index (κ1) is 17.4. The van der Waals surface area contributed by atoms with E-state index >= 15 is 0 Å². The van der Waals surface area contributed by atoms with E-state index in [1.165, 1.54) is 0 Å². The van der Waals surface area contributed by atoms with Crippen LogP contribution < -0.4 is 4.72 Å². The smallest absolute Gasteiger partial charge is 0.240 e. The third kappa shape index (κ3) is 5.38. The van der Waals surface area contributed by atoms with Crippen molar-refractivity contribution in [3.63, 3.8) is 0 Å². The molecule has 0 aromatic heterocycles. The van der Waals surface area contributed by atoms with Crippen LogP contribution in [0.3, 0.4) is 0 Å². The van der Waals surface area contributed by atoms with E-state index in [0.29, 0.717) is 19.5 Å². The Labute approximate surface area is 122 Å². The number of amides is 1. The molecule has 1 rings (SSSR count). The van der Waals surface area contributed by atoms with Gasteiger partial charge in [0.15, 0.2) is 0 Å². The maximum absolute atomic E-state index is 12.5. The summed E-state index contributed by atoms with van der Waals surface area (Å²) in [6.07, 6.45) is 0.532. The van der Waals surface area contributed by atoms with Crippen molar-refractivity contribution in [2.45, 2.75) is 33.2 Å². The van der Waals surface area contributed by atoms with Crippen LogP contribution in [0.2, 0.25) is 0 Å². The van der Waals surface area contributed by atoms with Crippen molar-refractivity contribution in [2.24, 2.45) is 5.92 Å². The summed E-state index contributed by atoms with van der Waals surface area (Å²) in [7, 11) is -1.35. The monoisotopic (exact) mass is 305 g/mol. The minimum atomic E-state index is -3.37. The molecule has 0 bridgehead atoms. The number of nitrogens with zero attached hydrogens (tertiary/aromatic N) is 2. The predicted molar refractivity (Wildman–Crippen MR) is 79.9 cm³/mol. The Balaban J connectivity index is 2.74. The second kappa shape index (κ2) is 7.38. The lowest BCUT2D eigenvalue weighted by atomic mass is 10.0. The maximum Gasteiger partial charge on any atom is 0.240 e. The van der Waals surface area contributed by atoms with Gasteiger partial charge in [-0.3, -0.25) is 4.79 Å². The molecule has 1 amide bonds. The van der Waals surface area contributed by atoms with Crippen LogP contribution in [0.1, 0.15) is 27.2 Å². The SMILES string of the molecule is CCS(=O)(=O)N[C@@H](CC(C)C)C(=O)N1CCN(C)CC1. The van der Waals surface area contributed by atoms with Crippen LogP contribution in [0, 0.1) is 5.92 Å². The zero-order valence-electron chi connectivity index (χ0n) is 12.9. The summed E-state index contributed by atoms with van der Waals surface area (Å²) < 4.78 is 26.0. The number of carbonyl (C=O) groups is 1. The first-order valence-corrected chi connectivity index (χ1v) is 8.87. The summed E-state index contributed by atoms with van der Waals surface area (Å²) in [5.74, 6) is 0.164. The highest BCUT2D eigenvalue weighted by Gasteiger charge is 2.29. The van der Waals surface area contributed by atoms with E-state index < -0.39 is 16.1 Å². The summed E-state index contributed by atoms with van der Waals surface area (Å²) in [5, 5.41) is 0. The minimum Gasteiger partial charge on any atom is -0.339 e. The van der Waals surface area contributed by atoms with Crippen LogP contribution in [0.15, 0.2) is 0 Å². The zero-order valence-corrected chi connectivity index (χ0v) is 13.7. The Morgan fingerprint density at radius 3 is 2.20 bits per heavy atom. The van der Waals surface area contributed by atoms with Crippen LogP contribution in [0.25, 0.3) is 0 Å². The van der Waals surface area contributed by atoms with E-state index in [9.17, 15) is 13.2 Å². The summed E-state index contributed by atoms with van der Waals surface area (Å²) in [6.45, 7) is 8.56. The fraction of sp³-hybridized carbons (Fsp3) is 0.923. The van der Waals surface area contributed by atoms with Crippen molar-refractivity contribution in [3.8, 4) is 0 Å². The highest BCUT2D eigenvalue weighted by Crippen LogP contribution is 2.11. The molecular weight excluding hydrogens is 278 g/mol. The van der Waals surface area contributed by atoms with E-state index in [-0.39, 0.29) is 17.6 Å². The van der Waals surface area contributed by atoms with Crippen LogP contribution in [-0.2, 0) is 14.8 Å². The van der Waals surface area contributed by atoms with Crippen molar-refractivity contribution in [2.75, 3.05) is 39.0 Å². The fourth-order valence-corrected chi connectivity index (χ4v) is 3.02. The number of piperazine rings is 1. The molecule has 1 aliphatic rings. The molecule has 0 unspecified atom stereocenters. The molecule has 1 heterocycles. The molecular formula is C13H27N3O3S. The van der Waals surface area contributed by atoms with Crippen molar-refractivity contribution < 1.29 is 13.2 Å². The Hall–Kier alpha value is -0.660. The first-order chi connectivity index (χ1) is 9.25. The Kier molecular flexibility index (Phi) is 6.42. The second-order valence-corrected chi connectivity index (χ2v) is 7.87. The normalized spacial score (nSPS) is 19.4. The number of sulfonamides is 1. The number of nitrogens with one attached hydrogen (secondary N) is 1. The van der Waals surface area contributed by atoms with Crippen LogP contribution in [-0.4, -0.2) is 69.1 Å². The molecule has 0 radical (unpaired) electrons. The average molecular weight is 305 g/mol. The molecule has 1 saturated heterocycles. The van der Waals surface area contributed by atoms with Gasteiger partial charge in [0, 0.05) is 26.2 Å². The largest absolute Gasteiger partial charge is 0.339 e. The van der Waals surface area contributed by atoms with Gasteiger partial charge < -0.3 is 9.80 Å². The molecule has 1 atom stereocenters. The standard InChI is InChI=1S/C13H27N3O3S/c1-5-20(18,19)14-12(10-11(2)3)13(17)16-8-6-15(4)7-9-16/h11-12,14H,5-10H2,1-4H3/t12-/m0/s1. The quantitative estimate of drug-likeness (QED) is 0.756. The van der Waals surface area contributed by atoms with Gasteiger partial charge in [-0.1, -0.05) is 13.8 Å². The van der Waals surface area contributed by atoms with E-state index in [4.69, 9.17) is 0 Å². The van der Waals surface area contributed by atoms with Crippen LogP contribution >= 0.6 is 0 Å². The van der Waals surface area contributed by atoms with Gasteiger partial charge in [-0.25, -0.2) is 13.1 Å². The van der Waals surface area contributed by atoms with Crippen molar-refractivity contribution in [1.29, 1.82) is 0 Å². The Morgan fingerprint density at radius 1 is 1.20 bits per heavy atom. The van der Waals surface area contributed by atoms with Crippen molar-refractivity contribution in [1.82, 2.24) is 14.5 Å². The molecule has 0 saturated carbocycles. The number of rotatable bonds is 6. The van der Waals surface area contributed by atoms with Crippen molar-refractivity contribution >= 4 is 15.9 Å². The Bertz CT molecular complexity index is 415. The highest BCUT2D eigenvalue weighted by atomic mass is 32.2. The van der Waals surface area contributed by atoms with E-state index in [1.54, 1.807) is 11.8 Å². The van der Waals surface area contributed by atoms with Crippen molar-refractivity contribution in [3.05, 3.63) is 0 Å². The molecule has 0 aromatic carbocycles. The maximum atomic E-state index is 12.5. The fourth-order valence-electron chi connectivity index (χ4n) is 2.22. The Morgan fingerprint density at radius 2 is 1.75 bits per heavy atom. The third-order valence-corrected chi connectivity index (χ3v) is 4.93. The summed E-state index contributed by atoms with van der Waals surface area (Å²) >= 11 is 0. The molecule has 0 aromatic rings. The van der Waals surface area contributed by atoms with Crippen LogP contribution in [0.4, 0.5) is 0 Å². The number of hydrogen-bond acceptors (Lipinski definition) is 4. The van der Waals surface area contributed by atoms with Gasteiger partial charge in [-0.15, -0.1) is 0 Å². The van der Waals surface area contributed by atoms with Gasteiger partial charge in [0.25, 0.3) is 0 Å². The molecule has 0 aliphatic carbocycles. The second-order valence-electron chi connectivity index (χ2n) is 5.83. The third-order valence-electron chi connectivity index (χ3n) is 3.52. The molecule has 6 nitrogen and oxygen atoms in total. The summed E-state index contributed by atoms with van der Waals surface area (Å²) in [5.41, 5.74) is 0. The molecule has 1 fully saturated rings. The average Bonchev–Trinajstić information content (AvgIpc) is 2.37. The molecule has 0 spiro atoms. The topological polar surface area (TPSA) is 69.7 Å². The summed E-state index contributed by atoms with van der Waals surface area (Å²) in [4.78, 5) is 16.4. The van der Waals surface area contributed by atoms with Gasteiger partial charge in [0.2, 0.25) is 15.9 Å². The predicted octanol–water partition coefficient (Wildman–Crippen LogP) is 0.114. The van der Waals surface area contributed by atoms with E-state index in [1.807, 2.05) is 20.9 Å². The van der Waals surface area contributed by atoms with Gasteiger partial charge in [0.05, 0.1) is 5.75 Å². The lowest BCUT2D eigenvalue weighted by Gasteiger charge is -2.35. The molecule has 20 heavy (non-hydrogen) atoms. The van der Waals surface area contributed by atoms with Gasteiger partial charge in [-0.05, 0) is 26.3 Å². The van der Waals surface area contributed by atoms with Gasteiger partial charge >= 0.3 is 0 Å². The number of hydrogen-bond donors (Lipinski definition) is 1. The summed E-state index contributed by atoms with van der Waals surface area (Å²) in [6, 6.07) is -0.636. The number of carbonyl (C=O) groups excluding carboxylic acids is 1. The van der Waals surface area contributed by atoms with E-state index in [2.05, 4.69) is 9.62 Å². The zero-order chi connectivity index (χ0) is 15.3. The first-order valence-electron chi connectivity index (χ1n) is 7.22. The van der Waals surface area contributed by atoms with Gasteiger partial charge in [0.1, 0.15) is 6.04 Å². The molecule has 1 N–H and O–H groups in total. The number of likely N-dealkylation sites (N-methyl/N-ethyl adjacent to an activating group) is 1. The van der Waals surface area contributed by atoms with Crippen LogP contribution in [0.5, 0.6) is 0 Å². The van der Waals surface area contributed by atoms with Gasteiger partial charge in [-0.2, -0.15) is 0 Å². The lowest BCUT2D eigenvalue weighted by Crippen LogP contribution is -2.54. The molecule has 118 valence electrons. The lowest BCUT2D eigenvalue weighted by molar-refractivity contribution is -0.135. The highest BCUT2D eigenvalue weighted by molar-refractivity contribution is 7.89. The molecule has 7 heteroatoms. The van der Waals surface area contributed by atoms with E-state index in [0.717, 1.165) is 13.1 Å².